The van der Waals surface area contributed by atoms with Crippen LogP contribution in [0.4, 0.5) is 4.39 Å². The molecule has 202 valence electrons. The van der Waals surface area contributed by atoms with Crippen molar-refractivity contribution in [3.63, 3.8) is 0 Å². The van der Waals surface area contributed by atoms with Gasteiger partial charge in [-0.25, -0.2) is 9.37 Å². The Balaban J connectivity index is 1.45. The monoisotopic (exact) mass is 512 g/mol. The highest BCUT2D eigenvalue weighted by atomic mass is 19.1. The van der Waals surface area contributed by atoms with Gasteiger partial charge in [-0.05, 0) is 69.3 Å². The van der Waals surface area contributed by atoms with Crippen molar-refractivity contribution in [2.24, 2.45) is 11.3 Å². The molecule has 1 spiro atoms. The van der Waals surface area contributed by atoms with E-state index in [0.29, 0.717) is 42.1 Å². The number of likely N-dealkylation sites (tertiary alicyclic amines) is 1. The Morgan fingerprint density at radius 2 is 2.03 bits per heavy atom. The number of hydrogen-bond acceptors (Lipinski definition) is 5. The summed E-state index contributed by atoms with van der Waals surface area (Å²) in [4.78, 5) is 35.3. The van der Waals surface area contributed by atoms with Gasteiger partial charge in [0.15, 0.2) is 0 Å². The molecule has 2 atom stereocenters. The third-order valence-corrected chi connectivity index (χ3v) is 8.35. The van der Waals surface area contributed by atoms with Crippen molar-refractivity contribution in [1.29, 1.82) is 0 Å². The van der Waals surface area contributed by atoms with Gasteiger partial charge in [0.25, 0.3) is 0 Å². The maximum atomic E-state index is 14.7. The van der Waals surface area contributed by atoms with E-state index in [1.165, 1.54) is 13.2 Å². The van der Waals surface area contributed by atoms with E-state index >= 15 is 0 Å². The van der Waals surface area contributed by atoms with E-state index in [-0.39, 0.29) is 29.1 Å². The number of halogens is 1. The number of imidazole rings is 1. The van der Waals surface area contributed by atoms with Crippen LogP contribution < -0.4 is 10.1 Å². The van der Waals surface area contributed by atoms with E-state index < -0.39 is 5.82 Å². The molecule has 1 aliphatic carbocycles. The molecule has 1 amide bonds. The molecule has 37 heavy (non-hydrogen) atoms. The molecule has 8 heteroatoms. The standard InChI is InChI=1S/C29H41FN4O3/c1-4-20(35)10-7-6-8-12-23(33-28(36)21-18-29(21)14-16-34(5-2)17-15-29)27-31-19-24(32-27)26-22(30)11-9-13-25(26)37-3/h9,11,13,19,21,23H,4-8,10,12,14-18H2,1-3H3,(H,31,32)(H,33,36)/t21-,23+/m1/s1. The SMILES string of the molecule is CCC(=O)CCCCC[C@H](NC(=O)[C@H]1CC12CCN(CC)CC2)c1ncc(-c2c(F)cccc2OC)[nH]1. The van der Waals surface area contributed by atoms with Crippen molar-refractivity contribution < 1.29 is 18.7 Å². The second-order valence-electron chi connectivity index (χ2n) is 10.6. The summed E-state index contributed by atoms with van der Waals surface area (Å²) >= 11 is 0. The van der Waals surface area contributed by atoms with Crippen LogP contribution in [0.25, 0.3) is 11.3 Å². The van der Waals surface area contributed by atoms with Crippen LogP contribution in [0.5, 0.6) is 5.75 Å². The zero-order chi connectivity index (χ0) is 26.4. The van der Waals surface area contributed by atoms with E-state index in [1.807, 2.05) is 6.92 Å². The van der Waals surface area contributed by atoms with Crippen molar-refractivity contribution in [3.8, 4) is 17.0 Å². The van der Waals surface area contributed by atoms with E-state index in [0.717, 1.165) is 58.2 Å². The molecule has 1 saturated heterocycles. The molecule has 4 rings (SSSR count). The number of carbonyl (C=O) groups is 2. The number of ether oxygens (including phenoxy) is 1. The van der Waals surface area contributed by atoms with Crippen LogP contribution >= 0.6 is 0 Å². The Morgan fingerprint density at radius 1 is 1.24 bits per heavy atom. The van der Waals surface area contributed by atoms with Gasteiger partial charge in [0.2, 0.25) is 5.91 Å². The number of rotatable bonds is 13. The molecule has 2 aromatic rings. The number of amides is 1. The van der Waals surface area contributed by atoms with Crippen LogP contribution in [0.3, 0.4) is 0 Å². The number of ketones is 1. The topological polar surface area (TPSA) is 87.3 Å². The molecular weight excluding hydrogens is 471 g/mol. The summed E-state index contributed by atoms with van der Waals surface area (Å²) in [6.45, 7) is 7.26. The van der Waals surface area contributed by atoms with Gasteiger partial charge in [0, 0.05) is 18.8 Å². The molecule has 2 fully saturated rings. The molecule has 1 aromatic heterocycles. The molecule has 2 heterocycles. The first-order chi connectivity index (χ1) is 17.9. The number of unbranched alkanes of at least 4 members (excludes halogenated alkanes) is 2. The maximum absolute atomic E-state index is 14.7. The summed E-state index contributed by atoms with van der Waals surface area (Å²) in [5.74, 6) is 1.08. The van der Waals surface area contributed by atoms with Gasteiger partial charge in [0.1, 0.15) is 23.2 Å². The summed E-state index contributed by atoms with van der Waals surface area (Å²) < 4.78 is 20.0. The van der Waals surface area contributed by atoms with Crippen LogP contribution in [0.1, 0.15) is 83.5 Å². The Kier molecular flexibility index (Phi) is 9.00. The molecule has 0 bridgehead atoms. The minimum absolute atomic E-state index is 0.0530. The van der Waals surface area contributed by atoms with Crippen molar-refractivity contribution >= 4 is 11.7 Å². The minimum Gasteiger partial charge on any atom is -0.496 e. The Hall–Kier alpha value is -2.74. The first-order valence-electron chi connectivity index (χ1n) is 13.8. The van der Waals surface area contributed by atoms with Gasteiger partial charge in [-0.1, -0.05) is 32.8 Å². The summed E-state index contributed by atoms with van der Waals surface area (Å²) in [5, 5.41) is 3.27. The van der Waals surface area contributed by atoms with E-state index in [1.54, 1.807) is 18.3 Å². The number of nitrogens with zero attached hydrogens (tertiary/aromatic N) is 2. The number of nitrogens with one attached hydrogen (secondary N) is 2. The summed E-state index contributed by atoms with van der Waals surface area (Å²) in [5.41, 5.74) is 0.999. The van der Waals surface area contributed by atoms with Crippen molar-refractivity contribution in [2.45, 2.75) is 77.7 Å². The lowest BCUT2D eigenvalue weighted by molar-refractivity contribution is -0.124. The summed E-state index contributed by atoms with van der Waals surface area (Å²) in [6.07, 6.45) is 9.22. The number of hydrogen-bond donors (Lipinski definition) is 2. The maximum Gasteiger partial charge on any atom is 0.224 e. The molecule has 2 aliphatic rings. The molecule has 1 saturated carbocycles. The Labute approximate surface area is 219 Å². The molecule has 7 nitrogen and oxygen atoms in total. The van der Waals surface area contributed by atoms with Crippen LogP contribution in [-0.4, -0.2) is 53.3 Å². The molecule has 0 unspecified atom stereocenters. The largest absolute Gasteiger partial charge is 0.496 e. The third-order valence-electron chi connectivity index (χ3n) is 8.35. The fraction of sp³-hybridized carbons (Fsp3) is 0.621. The van der Waals surface area contributed by atoms with Gasteiger partial charge in [0.05, 0.1) is 30.6 Å². The van der Waals surface area contributed by atoms with Crippen LogP contribution in [-0.2, 0) is 9.59 Å². The molecule has 2 N–H and O–H groups in total. The summed E-state index contributed by atoms with van der Waals surface area (Å²) in [6, 6.07) is 4.42. The fourth-order valence-corrected chi connectivity index (χ4v) is 5.74. The number of aromatic nitrogens is 2. The van der Waals surface area contributed by atoms with Gasteiger partial charge in [-0.3, -0.25) is 9.59 Å². The van der Waals surface area contributed by atoms with E-state index in [9.17, 15) is 14.0 Å². The van der Waals surface area contributed by atoms with Gasteiger partial charge >= 0.3 is 0 Å². The zero-order valence-corrected chi connectivity index (χ0v) is 22.4. The molecule has 1 aromatic carbocycles. The predicted molar refractivity (Wildman–Crippen MR) is 142 cm³/mol. The number of Topliss-reactive ketones (excluding diaryl/α,β-unsaturated/α-hetero) is 1. The quantitative estimate of drug-likeness (QED) is 0.349. The van der Waals surface area contributed by atoms with E-state index in [2.05, 4.69) is 27.1 Å². The molecule has 0 radical (unpaired) electrons. The predicted octanol–water partition coefficient (Wildman–Crippen LogP) is 5.43. The third kappa shape index (κ3) is 6.40. The lowest BCUT2D eigenvalue weighted by atomic mass is 9.90. The first kappa shape index (κ1) is 27.3. The van der Waals surface area contributed by atoms with Crippen LogP contribution in [0.15, 0.2) is 24.4 Å². The number of methoxy groups -OCH3 is 1. The second-order valence-corrected chi connectivity index (χ2v) is 10.6. The highest BCUT2D eigenvalue weighted by molar-refractivity contribution is 5.83. The lowest BCUT2D eigenvalue weighted by Gasteiger charge is -2.32. The Morgan fingerprint density at radius 3 is 2.73 bits per heavy atom. The van der Waals surface area contributed by atoms with Crippen LogP contribution in [0.2, 0.25) is 0 Å². The first-order valence-corrected chi connectivity index (χ1v) is 13.8. The highest BCUT2D eigenvalue weighted by Gasteiger charge is 2.58. The Bertz CT molecular complexity index is 1080. The second kappa shape index (κ2) is 12.2. The average molecular weight is 513 g/mol. The van der Waals surface area contributed by atoms with Gasteiger partial charge in [-0.15, -0.1) is 0 Å². The van der Waals surface area contributed by atoms with Crippen molar-refractivity contribution in [1.82, 2.24) is 20.2 Å². The van der Waals surface area contributed by atoms with Crippen molar-refractivity contribution in [3.05, 3.63) is 36.0 Å². The number of aromatic amines is 1. The number of benzene rings is 1. The lowest BCUT2D eigenvalue weighted by Crippen LogP contribution is -2.37. The zero-order valence-electron chi connectivity index (χ0n) is 22.4. The molecule has 1 aliphatic heterocycles. The average Bonchev–Trinajstić information content (AvgIpc) is 3.39. The smallest absolute Gasteiger partial charge is 0.224 e. The summed E-state index contributed by atoms with van der Waals surface area (Å²) in [7, 11) is 1.51. The van der Waals surface area contributed by atoms with Gasteiger partial charge < -0.3 is 19.9 Å². The molecular formula is C29H41FN4O3. The highest BCUT2D eigenvalue weighted by Crippen LogP contribution is 2.59. The number of piperidine rings is 1. The normalized spacial score (nSPS) is 19.5. The van der Waals surface area contributed by atoms with E-state index in [4.69, 9.17) is 4.74 Å². The fourth-order valence-electron chi connectivity index (χ4n) is 5.74. The van der Waals surface area contributed by atoms with Crippen molar-refractivity contribution in [2.75, 3.05) is 26.7 Å². The van der Waals surface area contributed by atoms with Crippen LogP contribution in [0, 0.1) is 17.2 Å². The minimum atomic E-state index is -0.394. The van der Waals surface area contributed by atoms with Gasteiger partial charge in [-0.2, -0.15) is 0 Å². The number of carbonyl (C=O) groups excluding carboxylic acids is 2. The number of H-pyrrole nitrogens is 1.